The maximum absolute atomic E-state index is 13.7. The third-order valence-corrected chi connectivity index (χ3v) is 7.10. The van der Waals surface area contributed by atoms with Gasteiger partial charge in [-0.2, -0.15) is 0 Å². The highest BCUT2D eigenvalue weighted by Crippen LogP contribution is 2.24. The molecule has 0 aromatic heterocycles. The van der Waals surface area contributed by atoms with Crippen LogP contribution in [0.25, 0.3) is 0 Å². The van der Waals surface area contributed by atoms with Gasteiger partial charge in [-0.15, -0.1) is 0 Å². The number of hydrogen-bond donors (Lipinski definition) is 1. The van der Waals surface area contributed by atoms with E-state index in [9.17, 15) is 9.59 Å². The van der Waals surface area contributed by atoms with Crippen LogP contribution >= 0.6 is 11.6 Å². The molecule has 1 aliphatic carbocycles. The average molecular weight is 531 g/mol. The number of hydrogen-bond acceptors (Lipinski definition) is 3. The highest BCUT2D eigenvalue weighted by Gasteiger charge is 2.30. The second-order valence-electron chi connectivity index (χ2n) is 9.58. The maximum Gasteiger partial charge on any atom is 0.261 e. The van der Waals surface area contributed by atoms with Gasteiger partial charge in [0.1, 0.15) is 11.8 Å². The van der Waals surface area contributed by atoms with Gasteiger partial charge in [-0.1, -0.05) is 96.0 Å². The third-order valence-electron chi connectivity index (χ3n) is 6.79. The van der Waals surface area contributed by atoms with Gasteiger partial charge in [0.15, 0.2) is 6.61 Å². The van der Waals surface area contributed by atoms with E-state index in [4.69, 9.17) is 16.3 Å². The van der Waals surface area contributed by atoms with Crippen LogP contribution in [0.5, 0.6) is 5.75 Å². The van der Waals surface area contributed by atoms with E-state index in [1.54, 1.807) is 23.1 Å². The molecule has 0 heterocycles. The van der Waals surface area contributed by atoms with Crippen molar-refractivity contribution in [2.75, 3.05) is 13.2 Å². The van der Waals surface area contributed by atoms with Crippen molar-refractivity contribution in [3.63, 3.8) is 0 Å². The van der Waals surface area contributed by atoms with E-state index in [-0.39, 0.29) is 18.4 Å². The zero-order valence-electron chi connectivity index (χ0n) is 21.7. The number of halogens is 1. The van der Waals surface area contributed by atoms with Crippen LogP contribution in [0, 0.1) is 0 Å². The standard InChI is InChI=1S/C32H35ClN2O3/c33-28-18-10-11-19-30(28)38-24-31(36)35(23-27-16-8-3-9-17-27)29(22-26-14-6-2-7-15-26)32(37)34-21-20-25-12-4-1-5-13-25/h2-3,6-12,14-19,29H,1,4-5,13,20-24H2,(H,34,37). The minimum absolute atomic E-state index is 0.160. The van der Waals surface area contributed by atoms with Gasteiger partial charge in [0.2, 0.25) is 5.91 Å². The Balaban J connectivity index is 1.54. The number of nitrogens with one attached hydrogen (secondary N) is 1. The molecule has 1 unspecified atom stereocenters. The largest absolute Gasteiger partial charge is 0.482 e. The fourth-order valence-corrected chi connectivity index (χ4v) is 4.90. The van der Waals surface area contributed by atoms with Gasteiger partial charge in [0, 0.05) is 19.5 Å². The summed E-state index contributed by atoms with van der Waals surface area (Å²) in [6.07, 6.45) is 8.20. The van der Waals surface area contributed by atoms with Gasteiger partial charge in [-0.3, -0.25) is 9.59 Å². The molecule has 0 aliphatic heterocycles. The van der Waals surface area contributed by atoms with Gasteiger partial charge in [-0.05, 0) is 55.4 Å². The van der Waals surface area contributed by atoms with Crippen LogP contribution in [-0.4, -0.2) is 35.9 Å². The highest BCUT2D eigenvalue weighted by atomic mass is 35.5. The Hall–Kier alpha value is -3.57. The van der Waals surface area contributed by atoms with Gasteiger partial charge >= 0.3 is 0 Å². The molecule has 1 N–H and O–H groups in total. The fraction of sp³-hybridized carbons (Fsp3) is 0.312. The molecule has 38 heavy (non-hydrogen) atoms. The molecule has 3 aromatic carbocycles. The van der Waals surface area contributed by atoms with Crippen molar-refractivity contribution in [3.8, 4) is 5.75 Å². The minimum Gasteiger partial charge on any atom is -0.482 e. The van der Waals surface area contributed by atoms with E-state index in [0.29, 0.717) is 30.3 Å². The number of carbonyl (C=O) groups is 2. The number of rotatable bonds is 12. The molecule has 0 radical (unpaired) electrons. The van der Waals surface area contributed by atoms with Crippen molar-refractivity contribution in [1.29, 1.82) is 0 Å². The molecule has 5 nitrogen and oxygen atoms in total. The topological polar surface area (TPSA) is 58.6 Å². The molecule has 198 valence electrons. The molecular formula is C32H35ClN2O3. The molecule has 0 spiro atoms. The molecule has 3 aromatic rings. The maximum atomic E-state index is 13.7. The number of benzene rings is 3. The number of carbonyl (C=O) groups excluding carboxylic acids is 2. The number of amides is 2. The quantitative estimate of drug-likeness (QED) is 0.277. The van der Waals surface area contributed by atoms with Crippen molar-refractivity contribution >= 4 is 23.4 Å². The van der Waals surface area contributed by atoms with Crippen LogP contribution < -0.4 is 10.1 Å². The summed E-state index contributed by atoms with van der Waals surface area (Å²) < 4.78 is 5.80. The Morgan fingerprint density at radius 2 is 1.58 bits per heavy atom. The molecule has 0 saturated carbocycles. The second kappa shape index (κ2) is 14.4. The molecule has 1 aliphatic rings. The summed E-state index contributed by atoms with van der Waals surface area (Å²) in [5, 5.41) is 3.55. The third kappa shape index (κ3) is 8.22. The van der Waals surface area contributed by atoms with E-state index in [2.05, 4.69) is 11.4 Å². The first kappa shape index (κ1) is 27.5. The summed E-state index contributed by atoms with van der Waals surface area (Å²) in [4.78, 5) is 29.0. The molecule has 0 fully saturated rings. The molecule has 2 amide bonds. The smallest absolute Gasteiger partial charge is 0.261 e. The summed E-state index contributed by atoms with van der Waals surface area (Å²) in [6.45, 7) is 0.628. The van der Waals surface area contributed by atoms with Crippen molar-refractivity contribution in [3.05, 3.63) is 113 Å². The minimum atomic E-state index is -0.694. The Labute approximate surface area is 230 Å². The SMILES string of the molecule is O=C(NCCC1=CCCCC1)C(Cc1ccccc1)N(Cc1ccccc1)C(=O)COc1ccccc1Cl. The van der Waals surface area contributed by atoms with Crippen molar-refractivity contribution in [2.24, 2.45) is 0 Å². The van der Waals surface area contributed by atoms with Gasteiger partial charge in [-0.25, -0.2) is 0 Å². The molecule has 0 bridgehead atoms. The van der Waals surface area contributed by atoms with Crippen LogP contribution in [0.4, 0.5) is 0 Å². The first-order chi connectivity index (χ1) is 18.6. The predicted octanol–water partition coefficient (Wildman–Crippen LogP) is 6.37. The Morgan fingerprint density at radius 1 is 0.895 bits per heavy atom. The second-order valence-corrected chi connectivity index (χ2v) is 9.99. The number of para-hydroxylation sites is 1. The summed E-state index contributed by atoms with van der Waals surface area (Å²) in [7, 11) is 0. The van der Waals surface area contributed by atoms with Crippen LogP contribution in [0.15, 0.2) is 96.6 Å². The highest BCUT2D eigenvalue weighted by molar-refractivity contribution is 6.32. The molecule has 1 atom stereocenters. The van der Waals surface area contributed by atoms with Crippen LogP contribution in [0.2, 0.25) is 5.02 Å². The summed E-state index contributed by atoms with van der Waals surface area (Å²) in [6, 6.07) is 25.9. The van der Waals surface area contributed by atoms with Crippen molar-refractivity contribution < 1.29 is 14.3 Å². The zero-order valence-corrected chi connectivity index (χ0v) is 22.4. The molecule has 6 heteroatoms. The van der Waals surface area contributed by atoms with Gasteiger partial charge in [0.05, 0.1) is 5.02 Å². The first-order valence-electron chi connectivity index (χ1n) is 13.3. The molecule has 0 saturated heterocycles. The van der Waals surface area contributed by atoms with Gasteiger partial charge in [0.25, 0.3) is 5.91 Å². The monoisotopic (exact) mass is 530 g/mol. The lowest BCUT2D eigenvalue weighted by Crippen LogP contribution is -2.51. The first-order valence-corrected chi connectivity index (χ1v) is 13.7. The predicted molar refractivity (Wildman–Crippen MR) is 152 cm³/mol. The average Bonchev–Trinajstić information content (AvgIpc) is 2.96. The molecule has 4 rings (SSSR count). The number of nitrogens with zero attached hydrogens (tertiary/aromatic N) is 1. The summed E-state index contributed by atoms with van der Waals surface area (Å²) in [5.74, 6) is -0.000810. The van der Waals surface area contributed by atoms with Crippen molar-refractivity contribution in [1.82, 2.24) is 10.2 Å². The fourth-order valence-electron chi connectivity index (χ4n) is 4.71. The van der Waals surface area contributed by atoms with Crippen LogP contribution in [-0.2, 0) is 22.6 Å². The van der Waals surface area contributed by atoms with Crippen molar-refractivity contribution in [2.45, 2.75) is 51.1 Å². The number of ether oxygens (including phenoxy) is 1. The van der Waals surface area contributed by atoms with E-state index < -0.39 is 6.04 Å². The Morgan fingerprint density at radius 3 is 2.26 bits per heavy atom. The number of allylic oxidation sites excluding steroid dienone is 1. The lowest BCUT2D eigenvalue weighted by Gasteiger charge is -2.31. The Kier molecular flexibility index (Phi) is 10.4. The lowest BCUT2D eigenvalue weighted by atomic mass is 9.97. The van der Waals surface area contributed by atoms with Gasteiger partial charge < -0.3 is 15.0 Å². The van der Waals surface area contributed by atoms with E-state index in [1.807, 2.05) is 66.7 Å². The van der Waals surface area contributed by atoms with E-state index in [1.165, 1.54) is 18.4 Å². The zero-order chi connectivity index (χ0) is 26.6. The van der Waals surface area contributed by atoms with E-state index in [0.717, 1.165) is 30.4 Å². The van der Waals surface area contributed by atoms with Crippen LogP contribution in [0.3, 0.4) is 0 Å². The summed E-state index contributed by atoms with van der Waals surface area (Å²) in [5.41, 5.74) is 3.33. The van der Waals surface area contributed by atoms with Crippen LogP contribution in [0.1, 0.15) is 43.2 Å². The van der Waals surface area contributed by atoms with E-state index >= 15 is 0 Å². The Bertz CT molecular complexity index is 1210. The molecular weight excluding hydrogens is 496 g/mol. The lowest BCUT2D eigenvalue weighted by molar-refractivity contribution is -0.142. The normalized spacial score (nSPS) is 13.8. The summed E-state index contributed by atoms with van der Waals surface area (Å²) >= 11 is 6.24.